The first-order valence-corrected chi connectivity index (χ1v) is 6.24. The third-order valence-electron chi connectivity index (χ3n) is 3.54. The third-order valence-corrected chi connectivity index (χ3v) is 3.54. The van der Waals surface area contributed by atoms with Crippen LogP contribution in [0.5, 0.6) is 0 Å². The van der Waals surface area contributed by atoms with Crippen LogP contribution in [0.15, 0.2) is 0 Å². The van der Waals surface area contributed by atoms with Crippen LogP contribution in [0, 0.1) is 11.3 Å². The maximum atomic E-state index is 12.3. The Balaban J connectivity index is 2.75. The first-order chi connectivity index (χ1) is 8.43. The molecule has 4 N–H and O–H groups in total. The van der Waals surface area contributed by atoms with Gasteiger partial charge in [-0.2, -0.15) is 0 Å². The largest absolute Gasteiger partial charge is 0.480 e. The molecule has 0 aromatic rings. The second kappa shape index (κ2) is 6.15. The number of carboxylic acid groups (broad SMARTS) is 1. The molecule has 0 radical (unpaired) electrons. The molecule has 1 rings (SSSR count). The molecule has 1 fully saturated rings. The Kier molecular flexibility index (Phi) is 5.10. The Morgan fingerprint density at radius 2 is 1.94 bits per heavy atom. The molecule has 0 spiro atoms. The summed E-state index contributed by atoms with van der Waals surface area (Å²) in [6.07, 6.45) is 1.08. The Bertz CT molecular complexity index is 311. The zero-order valence-corrected chi connectivity index (χ0v) is 10.9. The molecule has 0 saturated carbocycles. The number of nitrogens with one attached hydrogen (secondary N) is 1. The average Bonchev–Trinajstić information content (AvgIpc) is 2.35. The maximum Gasteiger partial charge on any atom is 0.326 e. The smallest absolute Gasteiger partial charge is 0.326 e. The Morgan fingerprint density at radius 1 is 1.39 bits per heavy atom. The van der Waals surface area contributed by atoms with E-state index in [-0.39, 0.29) is 18.4 Å². The van der Waals surface area contributed by atoms with E-state index in [2.05, 4.69) is 5.32 Å². The van der Waals surface area contributed by atoms with E-state index in [0.29, 0.717) is 26.1 Å². The van der Waals surface area contributed by atoms with E-state index in [1.807, 2.05) is 0 Å². The molecule has 1 aliphatic rings. The molecule has 0 unspecified atom stereocenters. The predicted octanol–water partition coefficient (Wildman–Crippen LogP) is -0.0327. The lowest BCUT2D eigenvalue weighted by Gasteiger charge is -2.35. The van der Waals surface area contributed by atoms with Gasteiger partial charge in [0.25, 0.3) is 0 Å². The molecule has 0 aromatic heterocycles. The molecule has 1 heterocycles. The summed E-state index contributed by atoms with van der Waals surface area (Å²) < 4.78 is 5.22. The maximum absolute atomic E-state index is 12.3. The summed E-state index contributed by atoms with van der Waals surface area (Å²) in [5, 5.41) is 11.7. The number of rotatable bonds is 5. The Hall–Kier alpha value is -1.14. The van der Waals surface area contributed by atoms with Gasteiger partial charge in [0.2, 0.25) is 5.91 Å². The van der Waals surface area contributed by atoms with Gasteiger partial charge in [-0.25, -0.2) is 4.79 Å². The number of aliphatic carboxylic acids is 1. The lowest BCUT2D eigenvalue weighted by atomic mass is 9.79. The van der Waals surface area contributed by atoms with Crippen molar-refractivity contribution in [2.24, 2.45) is 17.1 Å². The van der Waals surface area contributed by atoms with Crippen LogP contribution in [-0.4, -0.2) is 42.8 Å². The van der Waals surface area contributed by atoms with Gasteiger partial charge < -0.3 is 20.9 Å². The van der Waals surface area contributed by atoms with E-state index in [1.165, 1.54) is 0 Å². The minimum atomic E-state index is -1.02. The first-order valence-electron chi connectivity index (χ1n) is 6.24. The standard InChI is InChI=1S/C12H22N2O4/c1-8(2)9(10(15)16)14-11(17)12(7-13)3-5-18-6-4-12/h8-9H,3-7,13H2,1-2H3,(H,14,17)(H,15,16)/t9-/m1/s1. The summed E-state index contributed by atoms with van der Waals surface area (Å²) in [6.45, 7) is 4.72. The summed E-state index contributed by atoms with van der Waals surface area (Å²) in [7, 11) is 0. The van der Waals surface area contributed by atoms with Gasteiger partial charge in [-0.15, -0.1) is 0 Å². The SMILES string of the molecule is CC(C)[C@@H](NC(=O)C1(CN)CCOCC1)C(=O)O. The molecule has 0 bridgehead atoms. The zero-order chi connectivity index (χ0) is 13.8. The predicted molar refractivity (Wildman–Crippen MR) is 65.9 cm³/mol. The number of nitrogens with two attached hydrogens (primary N) is 1. The van der Waals surface area contributed by atoms with Crippen LogP contribution >= 0.6 is 0 Å². The van der Waals surface area contributed by atoms with Crippen molar-refractivity contribution >= 4 is 11.9 Å². The molecule has 18 heavy (non-hydrogen) atoms. The summed E-state index contributed by atoms with van der Waals surface area (Å²) in [5.74, 6) is -1.45. The minimum Gasteiger partial charge on any atom is -0.480 e. The fraction of sp³-hybridized carbons (Fsp3) is 0.833. The highest BCUT2D eigenvalue weighted by molar-refractivity contribution is 5.87. The molecular weight excluding hydrogens is 236 g/mol. The van der Waals surface area contributed by atoms with E-state index in [9.17, 15) is 9.59 Å². The summed E-state index contributed by atoms with van der Waals surface area (Å²) >= 11 is 0. The molecule has 104 valence electrons. The monoisotopic (exact) mass is 258 g/mol. The topological polar surface area (TPSA) is 102 Å². The van der Waals surface area contributed by atoms with Gasteiger partial charge in [-0.3, -0.25) is 4.79 Å². The summed E-state index contributed by atoms with van der Waals surface area (Å²) in [4.78, 5) is 23.3. The van der Waals surface area contributed by atoms with Crippen LogP contribution in [-0.2, 0) is 14.3 Å². The van der Waals surface area contributed by atoms with Crippen molar-refractivity contribution in [3.8, 4) is 0 Å². The van der Waals surface area contributed by atoms with Crippen molar-refractivity contribution < 1.29 is 19.4 Å². The highest BCUT2D eigenvalue weighted by Gasteiger charge is 2.40. The second-order valence-electron chi connectivity index (χ2n) is 5.13. The van der Waals surface area contributed by atoms with Crippen LogP contribution in [0.4, 0.5) is 0 Å². The van der Waals surface area contributed by atoms with E-state index in [4.69, 9.17) is 15.6 Å². The van der Waals surface area contributed by atoms with Crippen molar-refractivity contribution in [3.63, 3.8) is 0 Å². The molecule has 1 saturated heterocycles. The zero-order valence-electron chi connectivity index (χ0n) is 10.9. The lowest BCUT2D eigenvalue weighted by Crippen LogP contribution is -2.54. The normalized spacial score (nSPS) is 20.4. The molecule has 1 amide bonds. The van der Waals surface area contributed by atoms with Gasteiger partial charge >= 0.3 is 5.97 Å². The quantitative estimate of drug-likeness (QED) is 0.642. The Labute approximate surface area is 107 Å². The van der Waals surface area contributed by atoms with Gasteiger partial charge in [-0.1, -0.05) is 13.8 Å². The van der Waals surface area contributed by atoms with E-state index in [1.54, 1.807) is 13.8 Å². The molecule has 6 nitrogen and oxygen atoms in total. The summed E-state index contributed by atoms with van der Waals surface area (Å²) in [5.41, 5.74) is 5.02. The first kappa shape index (κ1) is 14.9. The van der Waals surface area contributed by atoms with Crippen molar-refractivity contribution in [1.29, 1.82) is 0 Å². The van der Waals surface area contributed by atoms with Gasteiger partial charge in [0.15, 0.2) is 0 Å². The summed E-state index contributed by atoms with van der Waals surface area (Å²) in [6, 6.07) is -0.872. The van der Waals surface area contributed by atoms with Crippen LogP contribution in [0.25, 0.3) is 0 Å². The average molecular weight is 258 g/mol. The third kappa shape index (κ3) is 3.20. The van der Waals surface area contributed by atoms with E-state index < -0.39 is 17.4 Å². The number of carboxylic acids is 1. The number of carbonyl (C=O) groups is 2. The van der Waals surface area contributed by atoms with Gasteiger partial charge in [0, 0.05) is 19.8 Å². The van der Waals surface area contributed by atoms with Crippen molar-refractivity contribution in [2.45, 2.75) is 32.7 Å². The van der Waals surface area contributed by atoms with Crippen LogP contribution in [0.2, 0.25) is 0 Å². The number of hydrogen-bond donors (Lipinski definition) is 3. The molecule has 0 aromatic carbocycles. The minimum absolute atomic E-state index is 0.166. The molecule has 0 aliphatic carbocycles. The Morgan fingerprint density at radius 3 is 2.33 bits per heavy atom. The van der Waals surface area contributed by atoms with Crippen LogP contribution < -0.4 is 11.1 Å². The second-order valence-corrected chi connectivity index (χ2v) is 5.13. The van der Waals surface area contributed by atoms with Crippen LogP contribution in [0.1, 0.15) is 26.7 Å². The number of hydrogen-bond acceptors (Lipinski definition) is 4. The molecular formula is C12H22N2O4. The molecule has 1 atom stereocenters. The van der Waals surface area contributed by atoms with Crippen LogP contribution in [0.3, 0.4) is 0 Å². The van der Waals surface area contributed by atoms with Crippen molar-refractivity contribution in [2.75, 3.05) is 19.8 Å². The lowest BCUT2D eigenvalue weighted by molar-refractivity contribution is -0.146. The van der Waals surface area contributed by atoms with E-state index in [0.717, 1.165) is 0 Å². The van der Waals surface area contributed by atoms with Crippen molar-refractivity contribution in [3.05, 3.63) is 0 Å². The highest BCUT2D eigenvalue weighted by atomic mass is 16.5. The molecule has 1 aliphatic heterocycles. The highest BCUT2D eigenvalue weighted by Crippen LogP contribution is 2.29. The van der Waals surface area contributed by atoms with Gasteiger partial charge in [0.05, 0.1) is 5.41 Å². The van der Waals surface area contributed by atoms with Gasteiger partial charge in [-0.05, 0) is 18.8 Å². The number of amides is 1. The number of ether oxygens (including phenoxy) is 1. The number of carbonyl (C=O) groups excluding carboxylic acids is 1. The van der Waals surface area contributed by atoms with Crippen molar-refractivity contribution in [1.82, 2.24) is 5.32 Å². The fourth-order valence-corrected chi connectivity index (χ4v) is 2.09. The molecule has 6 heteroatoms. The fourth-order valence-electron chi connectivity index (χ4n) is 2.09. The van der Waals surface area contributed by atoms with Gasteiger partial charge in [0.1, 0.15) is 6.04 Å². The van der Waals surface area contributed by atoms with E-state index >= 15 is 0 Å².